The molecule has 2 aromatic heterocycles. The van der Waals surface area contributed by atoms with Gasteiger partial charge in [0.2, 0.25) is 0 Å². The summed E-state index contributed by atoms with van der Waals surface area (Å²) in [4.78, 5) is 27.4. The molecule has 124 valence electrons. The highest BCUT2D eigenvalue weighted by Crippen LogP contribution is 2.26. The fraction of sp³-hybridized carbons (Fsp3) is 0.444. The molecule has 0 spiro atoms. The van der Waals surface area contributed by atoms with Crippen LogP contribution in [0.3, 0.4) is 0 Å². The Balaban J connectivity index is 1.46. The number of rotatable bonds is 3. The summed E-state index contributed by atoms with van der Waals surface area (Å²) in [7, 11) is 0. The first-order valence-electron chi connectivity index (χ1n) is 8.60. The predicted octanol–water partition coefficient (Wildman–Crippen LogP) is 2.08. The van der Waals surface area contributed by atoms with Crippen LogP contribution in [-0.4, -0.2) is 44.9 Å². The molecule has 1 amide bonds. The summed E-state index contributed by atoms with van der Waals surface area (Å²) in [6, 6.07) is 3.86. The van der Waals surface area contributed by atoms with Crippen molar-refractivity contribution in [1.82, 2.24) is 19.9 Å². The van der Waals surface area contributed by atoms with Crippen LogP contribution in [0.2, 0.25) is 0 Å². The number of likely N-dealkylation sites (tertiary alicyclic amines) is 1. The maximum absolute atomic E-state index is 12.6. The first kappa shape index (κ1) is 15.1. The lowest BCUT2D eigenvalue weighted by molar-refractivity contribution is 0.0714. The lowest BCUT2D eigenvalue weighted by atomic mass is 10.0. The molecule has 0 radical (unpaired) electrons. The van der Waals surface area contributed by atoms with Crippen molar-refractivity contribution >= 4 is 11.7 Å². The molecule has 1 N–H and O–H groups in total. The molecule has 3 heterocycles. The smallest absolute Gasteiger partial charge is 0.255 e. The molecular weight excluding hydrogens is 302 g/mol. The number of hydrogen-bond acceptors (Lipinski definition) is 5. The van der Waals surface area contributed by atoms with E-state index in [0.29, 0.717) is 12.1 Å². The molecule has 0 unspecified atom stereocenters. The molecule has 1 fully saturated rings. The minimum absolute atomic E-state index is 0.0579. The third-order valence-electron chi connectivity index (χ3n) is 4.83. The highest BCUT2D eigenvalue weighted by atomic mass is 16.2. The number of carbonyl (C=O) groups is 1. The van der Waals surface area contributed by atoms with E-state index >= 15 is 0 Å². The summed E-state index contributed by atoms with van der Waals surface area (Å²) in [5.41, 5.74) is 3.08. The Labute approximate surface area is 141 Å². The zero-order chi connectivity index (χ0) is 16.4. The van der Waals surface area contributed by atoms with E-state index in [9.17, 15) is 4.79 Å². The maximum Gasteiger partial charge on any atom is 0.255 e. The van der Waals surface area contributed by atoms with Gasteiger partial charge in [-0.3, -0.25) is 9.78 Å². The van der Waals surface area contributed by atoms with Gasteiger partial charge in [-0.15, -0.1) is 0 Å². The van der Waals surface area contributed by atoms with E-state index in [4.69, 9.17) is 0 Å². The Bertz CT molecular complexity index is 733. The van der Waals surface area contributed by atoms with E-state index in [-0.39, 0.29) is 11.9 Å². The van der Waals surface area contributed by atoms with Crippen molar-refractivity contribution in [3.8, 4) is 0 Å². The molecule has 2 aliphatic rings. The van der Waals surface area contributed by atoms with Gasteiger partial charge < -0.3 is 10.2 Å². The van der Waals surface area contributed by atoms with Gasteiger partial charge in [0, 0.05) is 42.8 Å². The number of pyridine rings is 1. The summed E-state index contributed by atoms with van der Waals surface area (Å²) >= 11 is 0. The zero-order valence-corrected chi connectivity index (χ0v) is 13.6. The summed E-state index contributed by atoms with van der Waals surface area (Å²) in [5.74, 6) is 1.01. The highest BCUT2D eigenvalue weighted by molar-refractivity contribution is 5.94. The molecule has 1 saturated heterocycles. The molecule has 0 saturated carbocycles. The van der Waals surface area contributed by atoms with Gasteiger partial charge in [0.25, 0.3) is 5.91 Å². The summed E-state index contributed by atoms with van der Waals surface area (Å²) in [5, 5.41) is 3.56. The second-order valence-electron chi connectivity index (χ2n) is 6.48. The second kappa shape index (κ2) is 6.55. The van der Waals surface area contributed by atoms with Gasteiger partial charge in [0.05, 0.1) is 5.56 Å². The van der Waals surface area contributed by atoms with Crippen LogP contribution in [0, 0.1) is 0 Å². The van der Waals surface area contributed by atoms with Gasteiger partial charge in [0.15, 0.2) is 0 Å². The monoisotopic (exact) mass is 323 g/mol. The van der Waals surface area contributed by atoms with E-state index in [1.807, 2.05) is 11.0 Å². The Morgan fingerprint density at radius 3 is 3.08 bits per heavy atom. The van der Waals surface area contributed by atoms with E-state index in [2.05, 4.69) is 20.3 Å². The van der Waals surface area contributed by atoms with Crippen LogP contribution in [0.5, 0.6) is 0 Å². The van der Waals surface area contributed by atoms with Gasteiger partial charge in [-0.2, -0.15) is 0 Å². The van der Waals surface area contributed by atoms with E-state index in [1.165, 1.54) is 11.3 Å². The van der Waals surface area contributed by atoms with Crippen LogP contribution in [0.4, 0.5) is 5.82 Å². The number of aromatic nitrogens is 3. The number of hydrogen-bond donors (Lipinski definition) is 1. The second-order valence-corrected chi connectivity index (χ2v) is 6.48. The minimum atomic E-state index is 0.0579. The van der Waals surface area contributed by atoms with Crippen LogP contribution in [0.15, 0.2) is 30.9 Å². The van der Waals surface area contributed by atoms with Gasteiger partial charge in [0.1, 0.15) is 12.1 Å². The summed E-state index contributed by atoms with van der Waals surface area (Å²) < 4.78 is 0. The molecule has 2 aromatic rings. The van der Waals surface area contributed by atoms with Gasteiger partial charge in [-0.1, -0.05) is 0 Å². The number of anilines is 1. The Morgan fingerprint density at radius 1 is 1.25 bits per heavy atom. The first-order chi connectivity index (χ1) is 11.8. The van der Waals surface area contributed by atoms with Crippen molar-refractivity contribution in [2.24, 2.45) is 0 Å². The fourth-order valence-electron chi connectivity index (χ4n) is 3.63. The standard InChI is InChI=1S/C18H21N5O/c24-18(13-4-2-8-19-10-13)23-9-3-5-14(11-23)22-17-15-6-1-7-16(15)20-12-21-17/h2,4,8,10,12,14H,1,3,5-7,9,11H2,(H,20,21,22)/t14-/m1/s1. The molecular formula is C18H21N5O. The van der Waals surface area contributed by atoms with Crippen molar-refractivity contribution in [3.63, 3.8) is 0 Å². The van der Waals surface area contributed by atoms with Gasteiger partial charge in [-0.25, -0.2) is 9.97 Å². The topological polar surface area (TPSA) is 71.0 Å². The van der Waals surface area contributed by atoms with Crippen molar-refractivity contribution in [2.75, 3.05) is 18.4 Å². The molecule has 0 bridgehead atoms. The van der Waals surface area contributed by atoms with Crippen LogP contribution >= 0.6 is 0 Å². The Kier molecular flexibility index (Phi) is 4.11. The van der Waals surface area contributed by atoms with Crippen LogP contribution in [-0.2, 0) is 12.8 Å². The molecule has 1 aliphatic carbocycles. The quantitative estimate of drug-likeness (QED) is 0.936. The SMILES string of the molecule is O=C(c1cccnc1)N1CCC[C@@H](Nc2ncnc3c2CCC3)C1. The number of piperidine rings is 1. The maximum atomic E-state index is 12.6. The highest BCUT2D eigenvalue weighted by Gasteiger charge is 2.26. The van der Waals surface area contributed by atoms with E-state index in [0.717, 1.165) is 44.5 Å². The van der Waals surface area contributed by atoms with E-state index in [1.54, 1.807) is 24.8 Å². The number of carbonyl (C=O) groups excluding carboxylic acids is 1. The lowest BCUT2D eigenvalue weighted by Gasteiger charge is -2.33. The van der Waals surface area contributed by atoms with Crippen molar-refractivity contribution in [3.05, 3.63) is 47.7 Å². The van der Waals surface area contributed by atoms with Gasteiger partial charge >= 0.3 is 0 Å². The third-order valence-corrected chi connectivity index (χ3v) is 4.83. The lowest BCUT2D eigenvalue weighted by Crippen LogP contribution is -2.45. The largest absolute Gasteiger partial charge is 0.365 e. The van der Waals surface area contributed by atoms with Crippen LogP contribution in [0.25, 0.3) is 0 Å². The molecule has 0 aromatic carbocycles. The number of fused-ring (bicyclic) bond motifs is 1. The number of nitrogens with zero attached hydrogens (tertiary/aromatic N) is 4. The van der Waals surface area contributed by atoms with Gasteiger partial charge in [-0.05, 0) is 44.2 Å². The zero-order valence-electron chi connectivity index (χ0n) is 13.6. The van der Waals surface area contributed by atoms with Crippen LogP contribution in [0.1, 0.15) is 40.9 Å². The van der Waals surface area contributed by atoms with Crippen molar-refractivity contribution < 1.29 is 4.79 Å². The molecule has 6 nitrogen and oxygen atoms in total. The average Bonchev–Trinajstić information content (AvgIpc) is 3.12. The normalized spacial score (nSPS) is 19.8. The minimum Gasteiger partial charge on any atom is -0.365 e. The Morgan fingerprint density at radius 2 is 2.21 bits per heavy atom. The molecule has 1 atom stereocenters. The fourth-order valence-corrected chi connectivity index (χ4v) is 3.63. The summed E-state index contributed by atoms with van der Waals surface area (Å²) in [6.45, 7) is 1.50. The predicted molar refractivity (Wildman–Crippen MR) is 90.8 cm³/mol. The third kappa shape index (κ3) is 2.96. The molecule has 24 heavy (non-hydrogen) atoms. The van der Waals surface area contributed by atoms with Crippen molar-refractivity contribution in [2.45, 2.75) is 38.1 Å². The molecule has 6 heteroatoms. The van der Waals surface area contributed by atoms with E-state index < -0.39 is 0 Å². The molecule has 1 aliphatic heterocycles. The number of nitrogens with one attached hydrogen (secondary N) is 1. The number of amides is 1. The summed E-state index contributed by atoms with van der Waals surface area (Å²) in [6.07, 6.45) is 10.3. The Hall–Kier alpha value is -2.50. The number of aryl methyl sites for hydroxylation is 1. The molecule has 4 rings (SSSR count). The van der Waals surface area contributed by atoms with Crippen molar-refractivity contribution in [1.29, 1.82) is 0 Å². The average molecular weight is 323 g/mol. The van der Waals surface area contributed by atoms with Crippen LogP contribution < -0.4 is 5.32 Å². The first-order valence-corrected chi connectivity index (χ1v) is 8.60.